The van der Waals surface area contributed by atoms with Gasteiger partial charge in [-0.3, -0.25) is 4.79 Å². The fraction of sp³-hybridized carbons (Fsp3) is 0.267. The zero-order valence-electron chi connectivity index (χ0n) is 12.2. The molecule has 0 aliphatic carbocycles. The van der Waals surface area contributed by atoms with Crippen LogP contribution in [0.2, 0.25) is 5.02 Å². The molecule has 0 atom stereocenters. The van der Waals surface area contributed by atoms with Gasteiger partial charge < -0.3 is 9.32 Å². The van der Waals surface area contributed by atoms with E-state index in [9.17, 15) is 13.2 Å². The van der Waals surface area contributed by atoms with Crippen molar-refractivity contribution >= 4 is 27.5 Å². The molecule has 2 heterocycles. The molecule has 23 heavy (non-hydrogen) atoms. The molecule has 6 nitrogen and oxygen atoms in total. The van der Waals surface area contributed by atoms with Crippen LogP contribution in [0.25, 0.3) is 0 Å². The van der Waals surface area contributed by atoms with Crippen molar-refractivity contribution < 1.29 is 17.6 Å². The SMILES string of the molecule is O=C(c1ccco1)N1CCN(S(=O)(=O)c2ccccc2Cl)CC1. The number of halogens is 1. The summed E-state index contributed by atoms with van der Waals surface area (Å²) in [6.07, 6.45) is 1.44. The van der Waals surface area contributed by atoms with E-state index >= 15 is 0 Å². The minimum Gasteiger partial charge on any atom is -0.459 e. The largest absolute Gasteiger partial charge is 0.459 e. The summed E-state index contributed by atoms with van der Waals surface area (Å²) in [7, 11) is -3.66. The highest BCUT2D eigenvalue weighted by Gasteiger charge is 2.32. The van der Waals surface area contributed by atoms with E-state index in [0.29, 0.717) is 13.1 Å². The zero-order valence-corrected chi connectivity index (χ0v) is 13.8. The normalized spacial score (nSPS) is 16.5. The van der Waals surface area contributed by atoms with Crippen molar-refractivity contribution in [1.82, 2.24) is 9.21 Å². The second kappa shape index (κ2) is 6.35. The molecule has 1 aromatic heterocycles. The van der Waals surface area contributed by atoms with Crippen LogP contribution in [0.5, 0.6) is 0 Å². The molecule has 0 bridgehead atoms. The fourth-order valence-electron chi connectivity index (χ4n) is 2.48. The van der Waals surface area contributed by atoms with Gasteiger partial charge in [-0.1, -0.05) is 23.7 Å². The Morgan fingerprint density at radius 3 is 2.35 bits per heavy atom. The van der Waals surface area contributed by atoms with E-state index in [1.807, 2.05) is 0 Å². The van der Waals surface area contributed by atoms with Gasteiger partial charge >= 0.3 is 0 Å². The summed E-state index contributed by atoms with van der Waals surface area (Å²) in [5, 5.41) is 0.196. The van der Waals surface area contributed by atoms with Crippen molar-refractivity contribution in [1.29, 1.82) is 0 Å². The molecule has 0 radical (unpaired) electrons. The predicted molar refractivity (Wildman–Crippen MR) is 84.8 cm³/mol. The van der Waals surface area contributed by atoms with Crippen molar-refractivity contribution in [3.63, 3.8) is 0 Å². The van der Waals surface area contributed by atoms with Crippen molar-refractivity contribution in [3.05, 3.63) is 53.4 Å². The number of amides is 1. The molecule has 1 fully saturated rings. The Balaban J connectivity index is 1.72. The average molecular weight is 355 g/mol. The number of furan rings is 1. The van der Waals surface area contributed by atoms with Gasteiger partial charge in [0.2, 0.25) is 10.0 Å². The van der Waals surface area contributed by atoms with Crippen LogP contribution in [0.3, 0.4) is 0 Å². The molecule has 0 unspecified atom stereocenters. The van der Waals surface area contributed by atoms with Crippen molar-refractivity contribution in [3.8, 4) is 0 Å². The third-order valence-corrected chi connectivity index (χ3v) is 6.11. The first kappa shape index (κ1) is 16.0. The topological polar surface area (TPSA) is 70.8 Å². The highest BCUT2D eigenvalue weighted by Crippen LogP contribution is 2.25. The standard InChI is InChI=1S/C15H15ClN2O4S/c16-12-4-1-2-6-14(12)23(20,21)18-9-7-17(8-10-18)15(19)13-5-3-11-22-13/h1-6,11H,7-10H2. The van der Waals surface area contributed by atoms with Gasteiger partial charge in [0.1, 0.15) is 4.90 Å². The van der Waals surface area contributed by atoms with E-state index in [1.54, 1.807) is 35.2 Å². The van der Waals surface area contributed by atoms with E-state index in [4.69, 9.17) is 16.0 Å². The highest BCUT2D eigenvalue weighted by molar-refractivity contribution is 7.89. The van der Waals surface area contributed by atoms with E-state index in [1.165, 1.54) is 16.6 Å². The van der Waals surface area contributed by atoms with Crippen LogP contribution in [0, 0.1) is 0 Å². The van der Waals surface area contributed by atoms with Crippen LogP contribution >= 0.6 is 11.6 Å². The quantitative estimate of drug-likeness (QED) is 0.846. The van der Waals surface area contributed by atoms with Crippen molar-refractivity contribution in [2.45, 2.75) is 4.90 Å². The number of carbonyl (C=O) groups excluding carboxylic acids is 1. The summed E-state index contributed by atoms with van der Waals surface area (Å²) in [6, 6.07) is 9.58. The van der Waals surface area contributed by atoms with Gasteiger partial charge in [0.15, 0.2) is 5.76 Å². The molecule has 1 amide bonds. The number of carbonyl (C=O) groups is 1. The van der Waals surface area contributed by atoms with Crippen LogP contribution in [0.1, 0.15) is 10.6 Å². The van der Waals surface area contributed by atoms with E-state index in [2.05, 4.69) is 0 Å². The molecule has 1 aliphatic heterocycles. The van der Waals surface area contributed by atoms with Gasteiger partial charge in [0, 0.05) is 26.2 Å². The smallest absolute Gasteiger partial charge is 0.289 e. The van der Waals surface area contributed by atoms with Crippen LogP contribution in [0.4, 0.5) is 0 Å². The third kappa shape index (κ3) is 3.12. The van der Waals surface area contributed by atoms with Crippen molar-refractivity contribution in [2.24, 2.45) is 0 Å². The summed E-state index contributed by atoms with van der Waals surface area (Å²) in [4.78, 5) is 13.9. The lowest BCUT2D eigenvalue weighted by atomic mass is 10.3. The monoisotopic (exact) mass is 354 g/mol. The molecule has 8 heteroatoms. The molecule has 2 aromatic rings. The maximum atomic E-state index is 12.6. The summed E-state index contributed by atoms with van der Waals surface area (Å²) in [6.45, 7) is 1.06. The molecular weight excluding hydrogens is 340 g/mol. The lowest BCUT2D eigenvalue weighted by Gasteiger charge is -2.33. The first-order valence-electron chi connectivity index (χ1n) is 7.07. The zero-order chi connectivity index (χ0) is 16.4. The molecule has 0 saturated carbocycles. The molecule has 1 saturated heterocycles. The number of hydrogen-bond donors (Lipinski definition) is 0. The first-order chi connectivity index (χ1) is 11.0. The number of rotatable bonds is 3. The van der Waals surface area contributed by atoms with Crippen molar-refractivity contribution in [2.75, 3.05) is 26.2 Å². The summed E-state index contributed by atoms with van der Waals surface area (Å²) in [5.41, 5.74) is 0. The number of nitrogens with zero attached hydrogens (tertiary/aromatic N) is 2. The second-order valence-electron chi connectivity index (χ2n) is 5.10. The van der Waals surface area contributed by atoms with E-state index in [-0.39, 0.29) is 34.7 Å². The Kier molecular flexibility index (Phi) is 4.43. The minimum atomic E-state index is -3.66. The average Bonchev–Trinajstić information content (AvgIpc) is 3.09. The summed E-state index contributed by atoms with van der Waals surface area (Å²) in [5.74, 6) is 0.0252. The van der Waals surface area contributed by atoms with Crippen LogP contribution in [-0.4, -0.2) is 49.7 Å². The molecular formula is C15H15ClN2O4S. The lowest BCUT2D eigenvalue weighted by Crippen LogP contribution is -2.50. The Labute approximate surface area is 139 Å². The van der Waals surface area contributed by atoms with E-state index in [0.717, 1.165) is 0 Å². The lowest BCUT2D eigenvalue weighted by molar-refractivity contribution is 0.0666. The van der Waals surface area contributed by atoms with Crippen LogP contribution in [-0.2, 0) is 10.0 Å². The molecule has 122 valence electrons. The molecule has 0 N–H and O–H groups in total. The van der Waals surface area contributed by atoms with Crippen LogP contribution in [0.15, 0.2) is 52.0 Å². The summed E-state index contributed by atoms with van der Waals surface area (Å²) < 4.78 is 31.7. The maximum Gasteiger partial charge on any atom is 0.289 e. The van der Waals surface area contributed by atoms with Crippen LogP contribution < -0.4 is 0 Å². The number of piperazine rings is 1. The minimum absolute atomic E-state index is 0.0903. The van der Waals surface area contributed by atoms with Gasteiger partial charge in [-0.2, -0.15) is 4.31 Å². The Morgan fingerprint density at radius 1 is 1.04 bits per heavy atom. The number of benzene rings is 1. The fourth-order valence-corrected chi connectivity index (χ4v) is 4.40. The van der Waals surface area contributed by atoms with Gasteiger partial charge in [-0.05, 0) is 24.3 Å². The molecule has 1 aromatic carbocycles. The van der Waals surface area contributed by atoms with Gasteiger partial charge in [0.05, 0.1) is 11.3 Å². The molecule has 0 spiro atoms. The van der Waals surface area contributed by atoms with Gasteiger partial charge in [-0.25, -0.2) is 8.42 Å². The van der Waals surface area contributed by atoms with E-state index < -0.39 is 10.0 Å². The Bertz CT molecular complexity index is 797. The highest BCUT2D eigenvalue weighted by atomic mass is 35.5. The summed E-state index contributed by atoms with van der Waals surface area (Å²) >= 11 is 5.99. The Morgan fingerprint density at radius 2 is 1.74 bits per heavy atom. The third-order valence-electron chi connectivity index (χ3n) is 3.71. The van der Waals surface area contributed by atoms with Gasteiger partial charge in [0.25, 0.3) is 5.91 Å². The van der Waals surface area contributed by atoms with Gasteiger partial charge in [-0.15, -0.1) is 0 Å². The molecule has 3 rings (SSSR count). The number of sulfonamides is 1. The predicted octanol–water partition coefficient (Wildman–Crippen LogP) is 2.08. The Hall–Kier alpha value is -1.83. The molecule has 1 aliphatic rings. The maximum absolute atomic E-state index is 12.6. The second-order valence-corrected chi connectivity index (χ2v) is 7.42. The number of hydrogen-bond acceptors (Lipinski definition) is 4. The first-order valence-corrected chi connectivity index (χ1v) is 8.89.